The van der Waals surface area contributed by atoms with Crippen molar-refractivity contribution in [2.75, 3.05) is 0 Å². The molecule has 0 unspecified atom stereocenters. The number of rotatable bonds is 1. The molecule has 3 nitrogen and oxygen atoms in total. The molecule has 0 aliphatic carbocycles. The van der Waals surface area contributed by atoms with Crippen LogP contribution < -0.4 is 0 Å². The van der Waals surface area contributed by atoms with Crippen LogP contribution in [0.5, 0.6) is 0 Å². The highest BCUT2D eigenvalue weighted by atomic mass is 79.9. The molecule has 15 heavy (non-hydrogen) atoms. The topological polar surface area (TPSA) is 41.6 Å². The Morgan fingerprint density at radius 3 is 2.73 bits per heavy atom. The number of benzene rings is 1. The van der Waals surface area contributed by atoms with Gasteiger partial charge in [-0.3, -0.25) is 0 Å². The van der Waals surface area contributed by atoms with Crippen molar-refractivity contribution >= 4 is 15.9 Å². The largest absolute Gasteiger partial charge is 0.238 e. The van der Waals surface area contributed by atoms with Crippen molar-refractivity contribution in [1.82, 2.24) is 9.78 Å². The normalized spacial score (nSPS) is 9.93. The molecule has 4 heteroatoms. The van der Waals surface area contributed by atoms with Gasteiger partial charge in [0.2, 0.25) is 0 Å². The maximum absolute atomic E-state index is 8.95. The van der Waals surface area contributed by atoms with Crippen LogP contribution >= 0.6 is 15.9 Å². The number of halogens is 1. The van der Waals surface area contributed by atoms with Crippen molar-refractivity contribution in [1.29, 1.82) is 5.26 Å². The summed E-state index contributed by atoms with van der Waals surface area (Å²) in [7, 11) is 0. The number of hydrogen-bond donors (Lipinski definition) is 0. The zero-order chi connectivity index (χ0) is 10.8. The number of nitrogens with zero attached hydrogens (tertiary/aromatic N) is 3. The molecule has 0 radical (unpaired) electrons. The van der Waals surface area contributed by atoms with Crippen LogP contribution in [0.15, 0.2) is 34.9 Å². The van der Waals surface area contributed by atoms with Gasteiger partial charge in [0, 0.05) is 6.20 Å². The summed E-state index contributed by atoms with van der Waals surface area (Å²) in [6, 6.07) is 9.53. The first-order chi connectivity index (χ1) is 7.22. The summed E-state index contributed by atoms with van der Waals surface area (Å²) in [5.74, 6) is 0. The van der Waals surface area contributed by atoms with E-state index < -0.39 is 0 Å². The first-order valence-electron chi connectivity index (χ1n) is 4.43. The van der Waals surface area contributed by atoms with Gasteiger partial charge in [0.25, 0.3) is 0 Å². The molecule has 0 saturated heterocycles. The first kappa shape index (κ1) is 9.94. The van der Waals surface area contributed by atoms with E-state index in [-0.39, 0.29) is 0 Å². The van der Waals surface area contributed by atoms with Crippen molar-refractivity contribution < 1.29 is 0 Å². The highest BCUT2D eigenvalue weighted by molar-refractivity contribution is 9.10. The van der Waals surface area contributed by atoms with Crippen molar-refractivity contribution in [3.63, 3.8) is 0 Å². The van der Waals surface area contributed by atoms with E-state index in [0.717, 1.165) is 15.9 Å². The molecular formula is C11H8BrN3. The van der Waals surface area contributed by atoms with Crippen LogP contribution in [0.3, 0.4) is 0 Å². The van der Waals surface area contributed by atoms with Gasteiger partial charge in [-0.2, -0.15) is 10.4 Å². The molecule has 1 aromatic carbocycles. The Kier molecular flexibility index (Phi) is 2.57. The molecule has 0 aliphatic heterocycles. The predicted octanol–water partition coefficient (Wildman–Crippen LogP) is 2.81. The molecule has 0 amide bonds. The fourth-order valence-corrected chi connectivity index (χ4v) is 1.60. The number of aromatic nitrogens is 2. The smallest absolute Gasteiger partial charge is 0.101 e. The molecule has 1 heterocycles. The standard InChI is InChI=1S/C11H8BrN3/c1-8-10(12)7-15(14-8)11-5-3-2-4-9(11)6-13/h2-5,7H,1H3. The van der Waals surface area contributed by atoms with E-state index in [4.69, 9.17) is 5.26 Å². The third-order valence-electron chi connectivity index (χ3n) is 2.11. The summed E-state index contributed by atoms with van der Waals surface area (Å²) < 4.78 is 2.65. The monoisotopic (exact) mass is 261 g/mol. The Bertz CT molecular complexity index is 518. The van der Waals surface area contributed by atoms with E-state index in [1.165, 1.54) is 0 Å². The Morgan fingerprint density at radius 1 is 1.40 bits per heavy atom. The van der Waals surface area contributed by atoms with Crippen molar-refractivity contribution in [2.45, 2.75) is 6.92 Å². The maximum atomic E-state index is 8.95. The zero-order valence-electron chi connectivity index (χ0n) is 8.11. The van der Waals surface area contributed by atoms with Gasteiger partial charge in [0.15, 0.2) is 0 Å². The lowest BCUT2D eigenvalue weighted by atomic mass is 10.2. The van der Waals surface area contributed by atoms with E-state index in [2.05, 4.69) is 27.1 Å². The summed E-state index contributed by atoms with van der Waals surface area (Å²) in [6.07, 6.45) is 1.85. The SMILES string of the molecule is Cc1nn(-c2ccccc2C#N)cc1Br. The molecule has 0 saturated carbocycles. The molecule has 1 aromatic heterocycles. The highest BCUT2D eigenvalue weighted by Crippen LogP contribution is 2.18. The quantitative estimate of drug-likeness (QED) is 0.792. The first-order valence-corrected chi connectivity index (χ1v) is 5.23. The van der Waals surface area contributed by atoms with Gasteiger partial charge in [-0.25, -0.2) is 4.68 Å². The Balaban J connectivity index is 2.59. The second-order valence-corrected chi connectivity index (χ2v) is 3.99. The van der Waals surface area contributed by atoms with E-state index >= 15 is 0 Å². The molecule has 2 aromatic rings. The fraction of sp³-hybridized carbons (Fsp3) is 0.0909. The fourth-order valence-electron chi connectivity index (χ4n) is 1.33. The van der Waals surface area contributed by atoms with Crippen LogP contribution in [-0.2, 0) is 0 Å². The predicted molar refractivity (Wildman–Crippen MR) is 60.7 cm³/mol. The third-order valence-corrected chi connectivity index (χ3v) is 2.89. The summed E-state index contributed by atoms with van der Waals surface area (Å²) in [5, 5.41) is 13.3. The van der Waals surface area contributed by atoms with Gasteiger partial charge >= 0.3 is 0 Å². The van der Waals surface area contributed by atoms with E-state index in [1.807, 2.05) is 31.3 Å². The second-order valence-electron chi connectivity index (χ2n) is 3.14. The molecule has 0 aliphatic rings. The van der Waals surface area contributed by atoms with Gasteiger partial charge in [-0.05, 0) is 35.0 Å². The molecule has 0 spiro atoms. The molecule has 0 N–H and O–H groups in total. The van der Waals surface area contributed by atoms with Crippen molar-refractivity contribution in [2.24, 2.45) is 0 Å². The molecule has 0 fully saturated rings. The maximum Gasteiger partial charge on any atom is 0.101 e. The molecule has 74 valence electrons. The van der Waals surface area contributed by atoms with Gasteiger partial charge in [-0.1, -0.05) is 12.1 Å². The second kappa shape index (κ2) is 3.87. The zero-order valence-corrected chi connectivity index (χ0v) is 9.69. The van der Waals surface area contributed by atoms with Crippen LogP contribution in [-0.4, -0.2) is 9.78 Å². The number of nitriles is 1. The number of aryl methyl sites for hydroxylation is 1. The van der Waals surface area contributed by atoms with Gasteiger partial charge in [0.1, 0.15) is 6.07 Å². The lowest BCUT2D eigenvalue weighted by Gasteiger charge is -2.02. The van der Waals surface area contributed by atoms with Gasteiger partial charge in [-0.15, -0.1) is 0 Å². The summed E-state index contributed by atoms with van der Waals surface area (Å²) in [6.45, 7) is 1.91. The summed E-state index contributed by atoms with van der Waals surface area (Å²) in [5.41, 5.74) is 2.32. The lowest BCUT2D eigenvalue weighted by Crippen LogP contribution is -1.97. The summed E-state index contributed by atoms with van der Waals surface area (Å²) in [4.78, 5) is 0. The van der Waals surface area contributed by atoms with E-state index in [0.29, 0.717) is 5.56 Å². The number of hydrogen-bond acceptors (Lipinski definition) is 2. The third kappa shape index (κ3) is 1.79. The van der Waals surface area contributed by atoms with Gasteiger partial charge < -0.3 is 0 Å². The molecule has 0 atom stereocenters. The van der Waals surface area contributed by atoms with Crippen LogP contribution in [0.25, 0.3) is 5.69 Å². The van der Waals surface area contributed by atoms with E-state index in [1.54, 1.807) is 10.7 Å². The Hall–Kier alpha value is -1.60. The molecule has 2 rings (SSSR count). The van der Waals surface area contributed by atoms with E-state index in [9.17, 15) is 0 Å². The minimum atomic E-state index is 0.618. The average Bonchev–Trinajstić information content (AvgIpc) is 2.59. The minimum Gasteiger partial charge on any atom is -0.238 e. The Morgan fingerprint density at radius 2 is 2.13 bits per heavy atom. The number of para-hydroxylation sites is 1. The van der Waals surface area contributed by atoms with Gasteiger partial charge in [0.05, 0.1) is 21.4 Å². The van der Waals surface area contributed by atoms with Crippen molar-refractivity contribution in [3.05, 3.63) is 46.2 Å². The average molecular weight is 262 g/mol. The Labute approximate surface area is 96.1 Å². The highest BCUT2D eigenvalue weighted by Gasteiger charge is 2.06. The van der Waals surface area contributed by atoms with Crippen LogP contribution in [0.2, 0.25) is 0 Å². The molecular weight excluding hydrogens is 254 g/mol. The lowest BCUT2D eigenvalue weighted by molar-refractivity contribution is 0.860. The van der Waals surface area contributed by atoms with Crippen LogP contribution in [0, 0.1) is 18.3 Å². The minimum absolute atomic E-state index is 0.618. The van der Waals surface area contributed by atoms with Crippen molar-refractivity contribution in [3.8, 4) is 11.8 Å². The van der Waals surface area contributed by atoms with Crippen LogP contribution in [0.4, 0.5) is 0 Å². The van der Waals surface area contributed by atoms with Crippen LogP contribution in [0.1, 0.15) is 11.3 Å². The summed E-state index contributed by atoms with van der Waals surface area (Å²) >= 11 is 3.39. The molecule has 0 bridgehead atoms.